The number of fused-ring (bicyclic) bond motifs is 13. The highest BCUT2D eigenvalue weighted by Crippen LogP contribution is 2.64. The Hall–Kier alpha value is -8.20. The molecule has 0 saturated carbocycles. The van der Waals surface area contributed by atoms with Gasteiger partial charge >= 0.3 is 0 Å². The molecule has 0 amide bonds. The van der Waals surface area contributed by atoms with Crippen LogP contribution >= 0.6 is 0 Å². The van der Waals surface area contributed by atoms with Crippen LogP contribution in [0.15, 0.2) is 247 Å². The zero-order chi connectivity index (χ0) is 43.3. The molecule has 3 aliphatic rings. The number of nitrogens with zero attached hydrogens (tertiary/aromatic N) is 1. The van der Waals surface area contributed by atoms with Crippen molar-refractivity contribution in [2.24, 2.45) is 0 Å². The topological polar surface area (TPSA) is 16.4 Å². The van der Waals surface area contributed by atoms with Crippen molar-refractivity contribution in [3.63, 3.8) is 0 Å². The second-order valence-electron chi connectivity index (χ2n) is 17.4. The monoisotopic (exact) mass is 829 g/mol. The molecule has 0 bridgehead atoms. The van der Waals surface area contributed by atoms with E-state index in [0.717, 1.165) is 39.0 Å². The molecule has 1 aromatic heterocycles. The highest BCUT2D eigenvalue weighted by molar-refractivity contribution is 6.08. The predicted octanol–water partition coefficient (Wildman–Crippen LogP) is 16.3. The molecule has 0 N–H and O–H groups in total. The number of hydrogen-bond donors (Lipinski definition) is 0. The third-order valence-electron chi connectivity index (χ3n) is 14.5. The summed E-state index contributed by atoms with van der Waals surface area (Å²) in [4.78, 5) is 2.50. The van der Waals surface area contributed by atoms with E-state index in [2.05, 4.69) is 243 Å². The van der Waals surface area contributed by atoms with E-state index in [9.17, 15) is 0 Å². The van der Waals surface area contributed by atoms with Gasteiger partial charge in [0.2, 0.25) is 0 Å². The van der Waals surface area contributed by atoms with Gasteiger partial charge in [-0.1, -0.05) is 195 Å². The van der Waals surface area contributed by atoms with E-state index >= 15 is 0 Å². The van der Waals surface area contributed by atoms with Crippen LogP contribution in [0.4, 0.5) is 17.1 Å². The number of allylic oxidation sites excluding steroid dienone is 5. The Morgan fingerprint density at radius 1 is 0.446 bits per heavy atom. The van der Waals surface area contributed by atoms with Gasteiger partial charge in [0, 0.05) is 27.7 Å². The highest BCUT2D eigenvalue weighted by atomic mass is 16.3. The van der Waals surface area contributed by atoms with E-state index in [1.807, 2.05) is 6.07 Å². The van der Waals surface area contributed by atoms with Gasteiger partial charge < -0.3 is 9.32 Å². The summed E-state index contributed by atoms with van der Waals surface area (Å²) < 4.78 is 6.46. The molecule has 10 aromatic rings. The minimum atomic E-state index is -0.563. The average molecular weight is 830 g/mol. The van der Waals surface area contributed by atoms with Crippen molar-refractivity contribution >= 4 is 44.6 Å². The van der Waals surface area contributed by atoms with Crippen LogP contribution in [0, 0.1) is 0 Å². The van der Waals surface area contributed by atoms with E-state index < -0.39 is 10.8 Å². The van der Waals surface area contributed by atoms with Crippen molar-refractivity contribution in [3.8, 4) is 22.3 Å². The Bertz CT molecular complexity index is 3560. The molecule has 0 atom stereocenters. The molecule has 2 nitrogen and oxygen atoms in total. The van der Waals surface area contributed by atoms with Crippen molar-refractivity contribution in [1.29, 1.82) is 0 Å². The van der Waals surface area contributed by atoms with Gasteiger partial charge in [-0.25, -0.2) is 0 Å². The zero-order valence-electron chi connectivity index (χ0n) is 36.0. The Labute approximate surface area is 379 Å². The van der Waals surface area contributed by atoms with Crippen LogP contribution in [0.2, 0.25) is 0 Å². The second-order valence-corrected chi connectivity index (χ2v) is 17.4. The maximum Gasteiger partial charge on any atom is 0.135 e. The Balaban J connectivity index is 1.14. The van der Waals surface area contributed by atoms with E-state index in [0.29, 0.717) is 0 Å². The molecule has 0 saturated heterocycles. The van der Waals surface area contributed by atoms with Gasteiger partial charge in [0.15, 0.2) is 0 Å². The summed E-state index contributed by atoms with van der Waals surface area (Å²) in [5.74, 6) is 0. The summed E-state index contributed by atoms with van der Waals surface area (Å²) in [6.07, 6.45) is 6.60. The lowest BCUT2D eigenvalue weighted by atomic mass is 9.67. The molecule has 3 aliphatic carbocycles. The first-order valence-electron chi connectivity index (χ1n) is 22.6. The summed E-state index contributed by atoms with van der Waals surface area (Å²) >= 11 is 0. The summed E-state index contributed by atoms with van der Waals surface area (Å²) in [6.45, 7) is 6.71. The Kier molecular flexibility index (Phi) is 8.14. The van der Waals surface area contributed by atoms with Crippen LogP contribution < -0.4 is 4.90 Å². The van der Waals surface area contributed by atoms with Crippen molar-refractivity contribution in [2.45, 2.75) is 17.8 Å². The van der Waals surface area contributed by atoms with Gasteiger partial charge in [0.1, 0.15) is 11.2 Å². The molecule has 0 fully saturated rings. The molecule has 0 radical (unpaired) electrons. The zero-order valence-corrected chi connectivity index (χ0v) is 36.0. The van der Waals surface area contributed by atoms with Gasteiger partial charge in [-0.3, -0.25) is 0 Å². The first-order valence-corrected chi connectivity index (χ1v) is 22.6. The number of hydrogen-bond acceptors (Lipinski definition) is 2. The van der Waals surface area contributed by atoms with E-state index in [4.69, 9.17) is 4.42 Å². The molecule has 1 heterocycles. The maximum absolute atomic E-state index is 6.46. The van der Waals surface area contributed by atoms with Crippen molar-refractivity contribution in [3.05, 3.63) is 287 Å². The van der Waals surface area contributed by atoms with Crippen LogP contribution in [0.25, 0.3) is 49.8 Å². The average Bonchev–Trinajstić information content (AvgIpc) is 4.07. The molecule has 0 aliphatic heterocycles. The maximum atomic E-state index is 6.46. The molecule has 65 heavy (non-hydrogen) atoms. The van der Waals surface area contributed by atoms with Crippen LogP contribution in [0.1, 0.15) is 51.4 Å². The van der Waals surface area contributed by atoms with Gasteiger partial charge in [-0.2, -0.15) is 0 Å². The van der Waals surface area contributed by atoms with E-state index in [1.54, 1.807) is 0 Å². The van der Waals surface area contributed by atoms with Gasteiger partial charge in [-0.05, 0) is 122 Å². The molecule has 1 spiro atoms. The highest BCUT2D eigenvalue weighted by Gasteiger charge is 2.53. The van der Waals surface area contributed by atoms with Gasteiger partial charge in [0.05, 0.1) is 16.5 Å². The van der Waals surface area contributed by atoms with Crippen LogP contribution in [-0.4, -0.2) is 0 Å². The lowest BCUT2D eigenvalue weighted by Crippen LogP contribution is -2.28. The SMILES string of the molecule is C=CC1=C(/C=C\C)c2c(N(c3ccc4c(c3)C(c3ccccc3)(c3ccccc3)c3ccccc3-4)c3ccc4oc5ccccc5c4c3)cccc2C12c1ccccc1-c1ccccc12. The van der Waals surface area contributed by atoms with Crippen molar-refractivity contribution in [2.75, 3.05) is 4.90 Å². The number of anilines is 3. The van der Waals surface area contributed by atoms with Crippen LogP contribution in [-0.2, 0) is 10.8 Å². The van der Waals surface area contributed by atoms with Gasteiger partial charge in [-0.15, -0.1) is 0 Å². The molecular weight excluding hydrogens is 787 g/mol. The fraction of sp³-hybridized carbons (Fsp3) is 0.0476. The molecule has 306 valence electrons. The van der Waals surface area contributed by atoms with Crippen LogP contribution in [0.3, 0.4) is 0 Å². The number of para-hydroxylation sites is 1. The number of benzene rings is 9. The summed E-state index contributed by atoms with van der Waals surface area (Å²) in [5, 5.41) is 2.18. The standard InChI is InChI=1S/C63H43NO/c1-3-20-50-52(4-2)63(54-30-16-12-25-45(54)46-26-13-17-31-55(46)63)56-32-19-33-58(61(50)56)64(43-36-38-60-51(39-43)49-28-14-18-34-59(49)65-60)44-35-37-48-47-27-11-15-29-53(47)62(57(48)40-44,41-21-7-5-8-22-41)42-23-9-6-10-24-42/h3-40H,2H2,1H3/b20-3-. The smallest absolute Gasteiger partial charge is 0.135 e. The summed E-state index contributed by atoms with van der Waals surface area (Å²) in [7, 11) is 0. The predicted molar refractivity (Wildman–Crippen MR) is 269 cm³/mol. The fourth-order valence-corrected chi connectivity index (χ4v) is 12.1. The number of furan rings is 1. The number of rotatable bonds is 7. The lowest BCUT2D eigenvalue weighted by molar-refractivity contribution is 0.669. The molecule has 2 heteroatoms. The lowest BCUT2D eigenvalue weighted by Gasteiger charge is -2.35. The second kappa shape index (κ2) is 14.2. The Morgan fingerprint density at radius 2 is 0.969 bits per heavy atom. The normalized spacial score (nSPS) is 14.7. The van der Waals surface area contributed by atoms with E-state index in [-0.39, 0.29) is 0 Å². The first-order chi connectivity index (χ1) is 32.2. The van der Waals surface area contributed by atoms with Crippen LogP contribution in [0.5, 0.6) is 0 Å². The molecular formula is C63H43NO. The molecule has 9 aromatic carbocycles. The summed E-state index contributed by atoms with van der Waals surface area (Å²) in [6, 6.07) is 78.2. The fourth-order valence-electron chi connectivity index (χ4n) is 12.1. The quantitative estimate of drug-likeness (QED) is 0.159. The molecule has 13 rings (SSSR count). The Morgan fingerprint density at radius 3 is 1.62 bits per heavy atom. The van der Waals surface area contributed by atoms with Crippen molar-refractivity contribution in [1.82, 2.24) is 0 Å². The third kappa shape index (κ3) is 4.94. The van der Waals surface area contributed by atoms with E-state index in [1.165, 1.54) is 77.9 Å². The first kappa shape index (κ1) is 37.4. The summed E-state index contributed by atoms with van der Waals surface area (Å²) in [5.41, 5.74) is 21.3. The minimum Gasteiger partial charge on any atom is -0.456 e. The largest absolute Gasteiger partial charge is 0.456 e. The van der Waals surface area contributed by atoms with Crippen molar-refractivity contribution < 1.29 is 4.42 Å². The van der Waals surface area contributed by atoms with Gasteiger partial charge in [0.25, 0.3) is 0 Å². The third-order valence-corrected chi connectivity index (χ3v) is 14.5. The minimum absolute atomic E-state index is 0.555. The molecule has 0 unspecified atom stereocenters.